The van der Waals surface area contributed by atoms with Crippen LogP contribution in [0.3, 0.4) is 0 Å². The fourth-order valence-electron chi connectivity index (χ4n) is 8.74. The van der Waals surface area contributed by atoms with Crippen LogP contribution in [0.5, 0.6) is 0 Å². The Morgan fingerprint density at radius 3 is 1.71 bits per heavy atom. The maximum Gasteiger partial charge on any atom is 0.155 e. The third-order valence-corrected chi connectivity index (χ3v) is 11.0. The molecule has 1 N–H and O–H groups in total. The van der Waals surface area contributed by atoms with Crippen molar-refractivity contribution in [3.05, 3.63) is 198 Å². The van der Waals surface area contributed by atoms with Crippen LogP contribution < -0.4 is 0 Å². The first-order valence-electron chi connectivity index (χ1n) is 18.5. The van der Waals surface area contributed by atoms with Crippen molar-refractivity contribution in [1.29, 1.82) is 0 Å². The van der Waals surface area contributed by atoms with E-state index in [0.717, 1.165) is 24.1 Å². The van der Waals surface area contributed by atoms with Crippen LogP contribution in [0, 0.1) is 6.07 Å². The van der Waals surface area contributed by atoms with Crippen molar-refractivity contribution in [2.45, 2.75) is 32.1 Å². The number of rotatable bonds is 4. The number of carbonyl (C=O) groups is 1. The van der Waals surface area contributed by atoms with Gasteiger partial charge in [0.15, 0.2) is 5.78 Å². The van der Waals surface area contributed by atoms with Crippen LogP contribution in [0.1, 0.15) is 36.1 Å². The second-order valence-corrected chi connectivity index (χ2v) is 14.5. The van der Waals surface area contributed by atoms with E-state index in [1.165, 1.54) is 97.1 Å². The molecule has 0 unspecified atom stereocenters. The molecule has 269 valence electrons. The van der Waals surface area contributed by atoms with Gasteiger partial charge in [0.2, 0.25) is 0 Å². The standard InChI is InChI=1S/C46H30N.C5H8O2.Ir/c1-3-13-37-30(9-1)11-7-15-39(37)32-20-22-41-42-23-21-33(40-16-8-12-31-10-2-4-14-38(31)40)27-44(42)46(43(41)26-32)28-35-19-18-34(25-36(35)29-46)45-17-5-6-24-47-45;1-4(6)3-5(2)7;/h1-17,19-27H,28-29H2;3,6H,1-2H3;/q-1;;/b;4-3-;. The molecule has 0 amide bonds. The molecule has 0 aliphatic heterocycles. The first kappa shape index (κ1) is 36.1. The molecule has 1 radical (unpaired) electrons. The second-order valence-electron chi connectivity index (χ2n) is 14.5. The third-order valence-electron chi connectivity index (χ3n) is 11.0. The quantitative estimate of drug-likeness (QED) is 0.109. The van der Waals surface area contributed by atoms with Crippen LogP contribution in [0.15, 0.2) is 170 Å². The molecular weight excluding hydrogens is 851 g/mol. The van der Waals surface area contributed by atoms with Gasteiger partial charge in [0, 0.05) is 37.8 Å². The summed E-state index contributed by atoms with van der Waals surface area (Å²) in [6.45, 7) is 2.85. The zero-order valence-corrected chi connectivity index (χ0v) is 33.0. The molecule has 1 spiro atoms. The molecule has 1 aromatic heterocycles. The fourth-order valence-corrected chi connectivity index (χ4v) is 8.74. The third kappa shape index (κ3) is 6.52. The van der Waals surface area contributed by atoms with E-state index >= 15 is 0 Å². The van der Waals surface area contributed by atoms with E-state index in [1.807, 2.05) is 12.3 Å². The predicted octanol–water partition coefficient (Wildman–Crippen LogP) is 12.3. The zero-order valence-electron chi connectivity index (χ0n) is 30.6. The summed E-state index contributed by atoms with van der Waals surface area (Å²) in [7, 11) is 0. The van der Waals surface area contributed by atoms with Crippen molar-refractivity contribution in [2.75, 3.05) is 0 Å². The molecule has 3 nitrogen and oxygen atoms in total. The Balaban J connectivity index is 0.000000491. The molecule has 0 saturated heterocycles. The number of ketones is 1. The number of aliphatic hydroxyl groups is 1. The summed E-state index contributed by atoms with van der Waals surface area (Å²) >= 11 is 0. The van der Waals surface area contributed by atoms with Crippen molar-refractivity contribution >= 4 is 27.3 Å². The fraction of sp³-hybridized carbons (Fsp3) is 0.0980. The molecule has 0 atom stereocenters. The van der Waals surface area contributed by atoms with Crippen LogP contribution in [0.25, 0.3) is 66.2 Å². The molecule has 0 bridgehead atoms. The van der Waals surface area contributed by atoms with Crippen molar-refractivity contribution in [3.8, 4) is 44.6 Å². The molecule has 0 saturated carbocycles. The number of carbonyl (C=O) groups excluding carboxylic acids is 1. The number of aliphatic hydroxyl groups excluding tert-OH is 1. The second kappa shape index (κ2) is 14.7. The minimum absolute atomic E-state index is 0. The summed E-state index contributed by atoms with van der Waals surface area (Å²) in [6, 6.07) is 59.5. The minimum atomic E-state index is -0.162. The van der Waals surface area contributed by atoms with Gasteiger partial charge in [-0.1, -0.05) is 121 Å². The van der Waals surface area contributed by atoms with E-state index in [-0.39, 0.29) is 37.1 Å². The van der Waals surface area contributed by atoms with Gasteiger partial charge in [-0.3, -0.25) is 4.79 Å². The van der Waals surface area contributed by atoms with Gasteiger partial charge in [0.1, 0.15) is 0 Å². The Hall–Kier alpha value is -5.93. The maximum atomic E-state index is 10.0. The number of hydrogen-bond acceptors (Lipinski definition) is 3. The van der Waals surface area contributed by atoms with Gasteiger partial charge >= 0.3 is 0 Å². The molecular formula is C51H38IrNO2-. The molecule has 8 aromatic rings. The minimum Gasteiger partial charge on any atom is -0.512 e. The Bertz CT molecular complexity index is 2640. The van der Waals surface area contributed by atoms with Crippen molar-refractivity contribution < 1.29 is 30.0 Å². The summed E-state index contributed by atoms with van der Waals surface area (Å²) in [6.07, 6.45) is 4.94. The smallest absolute Gasteiger partial charge is 0.155 e. The van der Waals surface area contributed by atoms with Crippen LogP contribution >= 0.6 is 0 Å². The van der Waals surface area contributed by atoms with E-state index in [2.05, 4.69) is 157 Å². The molecule has 1 heterocycles. The first-order valence-corrected chi connectivity index (χ1v) is 18.5. The van der Waals surface area contributed by atoms with Gasteiger partial charge in [0.25, 0.3) is 0 Å². The number of hydrogen-bond donors (Lipinski definition) is 1. The summed E-state index contributed by atoms with van der Waals surface area (Å²) in [5.41, 5.74) is 15.4. The van der Waals surface area contributed by atoms with Gasteiger partial charge in [0.05, 0.1) is 5.76 Å². The first-order chi connectivity index (χ1) is 26.4. The number of aromatic nitrogens is 1. The van der Waals surface area contributed by atoms with E-state index < -0.39 is 0 Å². The molecule has 4 heteroatoms. The molecule has 55 heavy (non-hydrogen) atoms. The van der Waals surface area contributed by atoms with Crippen molar-refractivity contribution in [2.24, 2.45) is 0 Å². The van der Waals surface area contributed by atoms with Crippen LogP contribution in [0.2, 0.25) is 0 Å². The van der Waals surface area contributed by atoms with Gasteiger partial charge in [-0.2, -0.15) is 0 Å². The number of pyridine rings is 1. The average Bonchev–Trinajstić information content (AvgIpc) is 3.71. The largest absolute Gasteiger partial charge is 0.512 e. The molecule has 10 rings (SSSR count). The van der Waals surface area contributed by atoms with Gasteiger partial charge in [-0.05, 0) is 117 Å². The molecule has 2 aliphatic carbocycles. The predicted molar refractivity (Wildman–Crippen MR) is 222 cm³/mol. The van der Waals surface area contributed by atoms with Gasteiger partial charge < -0.3 is 10.1 Å². The van der Waals surface area contributed by atoms with E-state index in [4.69, 9.17) is 5.11 Å². The molecule has 7 aromatic carbocycles. The molecule has 0 fully saturated rings. The van der Waals surface area contributed by atoms with E-state index in [0.29, 0.717) is 0 Å². The Morgan fingerprint density at radius 1 is 0.636 bits per heavy atom. The maximum absolute atomic E-state index is 10.0. The monoisotopic (exact) mass is 889 g/mol. The van der Waals surface area contributed by atoms with E-state index in [1.54, 1.807) is 0 Å². The van der Waals surface area contributed by atoms with Crippen molar-refractivity contribution in [1.82, 2.24) is 4.98 Å². The average molecular weight is 889 g/mol. The van der Waals surface area contributed by atoms with E-state index in [9.17, 15) is 4.79 Å². The normalized spacial score (nSPS) is 13.4. The summed E-state index contributed by atoms with van der Waals surface area (Å²) < 4.78 is 0. The number of benzene rings is 7. The Morgan fingerprint density at radius 2 is 1.18 bits per heavy atom. The summed E-state index contributed by atoms with van der Waals surface area (Å²) in [4.78, 5) is 14.7. The van der Waals surface area contributed by atoms with Gasteiger partial charge in [-0.25, -0.2) is 0 Å². The van der Waals surface area contributed by atoms with Crippen LogP contribution in [0.4, 0.5) is 0 Å². The number of fused-ring (bicyclic) bond motifs is 8. The Labute approximate surface area is 335 Å². The molecule has 2 aliphatic rings. The van der Waals surface area contributed by atoms with Crippen LogP contribution in [-0.2, 0) is 43.2 Å². The zero-order chi connectivity index (χ0) is 36.8. The number of nitrogens with zero attached hydrogens (tertiary/aromatic N) is 1. The van der Waals surface area contributed by atoms with Crippen molar-refractivity contribution in [3.63, 3.8) is 0 Å². The Kier molecular flexibility index (Phi) is 9.65. The summed E-state index contributed by atoms with van der Waals surface area (Å²) in [5.74, 6) is -0.0625. The number of allylic oxidation sites excluding steroid dienone is 2. The van der Waals surface area contributed by atoms with Gasteiger partial charge in [-0.15, -0.1) is 34.9 Å². The topological polar surface area (TPSA) is 50.2 Å². The SMILES string of the molecule is CC(=O)/C=C(/C)O.[Ir].[c-]1cc2c(cc1-c1ccccn1)CC1(C2)c2cc(-c3cccc4ccccc34)ccc2-c2ccc(-c3cccc4ccccc34)cc21. The van der Waals surface area contributed by atoms with Crippen LogP contribution in [-0.4, -0.2) is 15.9 Å². The summed E-state index contributed by atoms with van der Waals surface area (Å²) in [5, 5.41) is 13.5.